The number of nitrogens with one attached hydrogen (secondary N) is 1. The third-order valence-electron chi connectivity index (χ3n) is 5.40. The number of aliphatic hydroxyl groups excluding tert-OH is 1. The van der Waals surface area contributed by atoms with E-state index in [4.69, 9.17) is 4.74 Å². The molecule has 1 aromatic rings. The van der Waals surface area contributed by atoms with E-state index in [2.05, 4.69) is 20.1 Å². The number of aliphatic imine (C=N–C) groups is 1. The van der Waals surface area contributed by atoms with Gasteiger partial charge in [-0.05, 0) is 51.4 Å². The molecule has 2 heterocycles. The fraction of sp³-hybridized carbons (Fsp3) is 0.650. The fourth-order valence-electron chi connectivity index (χ4n) is 3.87. The van der Waals surface area contributed by atoms with Crippen molar-refractivity contribution in [3.8, 4) is 5.75 Å². The molecule has 30 heavy (non-hydrogen) atoms. The van der Waals surface area contributed by atoms with Crippen LogP contribution in [0.1, 0.15) is 26.2 Å². The van der Waals surface area contributed by atoms with Crippen molar-refractivity contribution in [1.29, 1.82) is 0 Å². The number of guanidine groups is 1. The highest BCUT2D eigenvalue weighted by Gasteiger charge is 2.30. The Kier molecular flexibility index (Phi) is 10.1. The molecule has 2 aliphatic rings. The molecule has 0 aliphatic carbocycles. The normalized spacial score (nSPS) is 20.7. The van der Waals surface area contributed by atoms with Gasteiger partial charge in [0.15, 0.2) is 5.96 Å². The van der Waals surface area contributed by atoms with Crippen molar-refractivity contribution in [3.63, 3.8) is 0 Å². The second kappa shape index (κ2) is 12.3. The summed E-state index contributed by atoms with van der Waals surface area (Å²) in [6.45, 7) is 7.48. The second-order valence-corrected chi connectivity index (χ2v) is 7.54. The molecule has 0 radical (unpaired) electrons. The van der Waals surface area contributed by atoms with Crippen molar-refractivity contribution < 1.29 is 14.8 Å². The molecule has 2 aliphatic heterocycles. The lowest BCUT2D eigenvalue weighted by Crippen LogP contribution is -2.43. The number of nitro groups is 1. The fourth-order valence-corrected chi connectivity index (χ4v) is 3.87. The highest BCUT2D eigenvalue weighted by atomic mass is 127. The van der Waals surface area contributed by atoms with Crippen LogP contribution in [-0.4, -0.2) is 83.8 Å². The highest BCUT2D eigenvalue weighted by Crippen LogP contribution is 2.20. The molecule has 2 atom stereocenters. The number of benzene rings is 1. The second-order valence-electron chi connectivity index (χ2n) is 7.54. The first-order valence-corrected chi connectivity index (χ1v) is 10.4. The van der Waals surface area contributed by atoms with Gasteiger partial charge in [-0.2, -0.15) is 0 Å². The Bertz CT molecular complexity index is 697. The number of non-ortho nitro benzene ring substituents is 1. The SMILES string of the molecule is CCNC(=NCC(O)COc1ccc([N+](=O)[O-])cc1)N1CCC(N2CCCC2)C1.I. The molecular weight excluding hydrogens is 501 g/mol. The maximum Gasteiger partial charge on any atom is 0.269 e. The smallest absolute Gasteiger partial charge is 0.269 e. The topological polar surface area (TPSA) is 103 Å². The lowest BCUT2D eigenvalue weighted by atomic mass is 10.2. The minimum absolute atomic E-state index is 0. The number of halogens is 1. The van der Waals surface area contributed by atoms with Crippen LogP contribution in [0.4, 0.5) is 5.69 Å². The number of aliphatic hydroxyl groups is 1. The van der Waals surface area contributed by atoms with E-state index in [1.54, 1.807) is 0 Å². The molecule has 9 nitrogen and oxygen atoms in total. The Labute approximate surface area is 194 Å². The van der Waals surface area contributed by atoms with Crippen molar-refractivity contribution in [2.24, 2.45) is 4.99 Å². The highest BCUT2D eigenvalue weighted by molar-refractivity contribution is 14.0. The number of ether oxygens (including phenoxy) is 1. The van der Waals surface area contributed by atoms with Crippen LogP contribution < -0.4 is 10.1 Å². The van der Waals surface area contributed by atoms with Crippen molar-refractivity contribution in [2.75, 3.05) is 45.9 Å². The van der Waals surface area contributed by atoms with E-state index in [1.807, 2.05) is 6.92 Å². The standard InChI is InChI=1S/C20H31N5O4.HI/c1-2-21-20(24-12-9-17(14-24)23-10-3-4-11-23)22-13-18(26)15-29-19-7-5-16(6-8-19)25(27)28;/h5-8,17-18,26H,2-4,9-15H2,1H3,(H,21,22);1H. The third-order valence-corrected chi connectivity index (χ3v) is 5.40. The van der Waals surface area contributed by atoms with Crippen molar-refractivity contribution >= 4 is 35.6 Å². The molecule has 10 heteroatoms. The minimum atomic E-state index is -0.754. The van der Waals surface area contributed by atoms with Crippen molar-refractivity contribution in [2.45, 2.75) is 38.3 Å². The van der Waals surface area contributed by atoms with Crippen LogP contribution in [0.2, 0.25) is 0 Å². The molecule has 2 saturated heterocycles. The van der Waals surface area contributed by atoms with Gasteiger partial charge in [0.1, 0.15) is 18.5 Å². The summed E-state index contributed by atoms with van der Waals surface area (Å²) in [5, 5.41) is 24.2. The van der Waals surface area contributed by atoms with Gasteiger partial charge in [-0.25, -0.2) is 0 Å². The van der Waals surface area contributed by atoms with E-state index < -0.39 is 11.0 Å². The molecule has 0 spiro atoms. The van der Waals surface area contributed by atoms with Crippen LogP contribution in [-0.2, 0) is 0 Å². The first-order chi connectivity index (χ1) is 14.1. The lowest BCUT2D eigenvalue weighted by molar-refractivity contribution is -0.384. The summed E-state index contributed by atoms with van der Waals surface area (Å²) in [6, 6.07) is 6.42. The van der Waals surface area contributed by atoms with Crippen LogP contribution in [0.15, 0.2) is 29.3 Å². The van der Waals surface area contributed by atoms with Crippen LogP contribution in [0.5, 0.6) is 5.75 Å². The van der Waals surface area contributed by atoms with Crippen LogP contribution >= 0.6 is 24.0 Å². The largest absolute Gasteiger partial charge is 0.491 e. The average molecular weight is 533 g/mol. The average Bonchev–Trinajstić information content (AvgIpc) is 3.41. The van der Waals surface area contributed by atoms with E-state index in [0.29, 0.717) is 11.8 Å². The van der Waals surface area contributed by atoms with E-state index in [1.165, 1.54) is 50.2 Å². The summed E-state index contributed by atoms with van der Waals surface area (Å²) >= 11 is 0. The molecule has 2 unspecified atom stereocenters. The van der Waals surface area contributed by atoms with Gasteiger partial charge >= 0.3 is 0 Å². The van der Waals surface area contributed by atoms with Gasteiger partial charge in [-0.3, -0.25) is 20.0 Å². The maximum atomic E-state index is 10.7. The summed E-state index contributed by atoms with van der Waals surface area (Å²) in [5.41, 5.74) is 0.00984. The summed E-state index contributed by atoms with van der Waals surface area (Å²) in [6.07, 6.45) is 2.99. The Morgan fingerprint density at radius 3 is 2.67 bits per heavy atom. The Morgan fingerprint density at radius 2 is 2.03 bits per heavy atom. The molecule has 168 valence electrons. The quantitative estimate of drug-likeness (QED) is 0.174. The number of rotatable bonds is 8. The summed E-state index contributed by atoms with van der Waals surface area (Å²) in [5.74, 6) is 1.32. The maximum absolute atomic E-state index is 10.7. The number of hydrogen-bond donors (Lipinski definition) is 2. The third kappa shape index (κ3) is 6.95. The minimum Gasteiger partial charge on any atom is -0.491 e. The lowest BCUT2D eigenvalue weighted by Gasteiger charge is -2.25. The van der Waals surface area contributed by atoms with Gasteiger partial charge in [0, 0.05) is 37.8 Å². The van der Waals surface area contributed by atoms with E-state index >= 15 is 0 Å². The van der Waals surface area contributed by atoms with E-state index in [9.17, 15) is 15.2 Å². The predicted octanol–water partition coefficient (Wildman–Crippen LogP) is 2.09. The van der Waals surface area contributed by atoms with Crippen LogP contribution in [0.25, 0.3) is 0 Å². The van der Waals surface area contributed by atoms with Crippen molar-refractivity contribution in [1.82, 2.24) is 15.1 Å². The summed E-state index contributed by atoms with van der Waals surface area (Å²) < 4.78 is 5.52. The van der Waals surface area contributed by atoms with Crippen LogP contribution in [0, 0.1) is 10.1 Å². The molecule has 0 amide bonds. The first kappa shape index (κ1) is 24.6. The summed E-state index contributed by atoms with van der Waals surface area (Å²) in [4.78, 5) is 19.7. The molecular formula is C20H32IN5O4. The van der Waals surface area contributed by atoms with Crippen LogP contribution in [0.3, 0.4) is 0 Å². The number of nitrogens with zero attached hydrogens (tertiary/aromatic N) is 4. The number of likely N-dealkylation sites (tertiary alicyclic amines) is 2. The molecule has 2 N–H and O–H groups in total. The van der Waals surface area contributed by atoms with Gasteiger partial charge in [-0.15, -0.1) is 24.0 Å². The van der Waals surface area contributed by atoms with E-state index in [0.717, 1.165) is 32.0 Å². The van der Waals surface area contributed by atoms with E-state index in [-0.39, 0.29) is 42.8 Å². The van der Waals surface area contributed by atoms with Gasteiger partial charge in [0.05, 0.1) is 11.5 Å². The zero-order chi connectivity index (χ0) is 20.6. The number of nitro benzene ring substituents is 1. The Hall–Kier alpha value is -1.66. The Balaban J connectivity index is 0.00000320. The number of hydrogen-bond acceptors (Lipinski definition) is 6. The van der Waals surface area contributed by atoms with Gasteiger partial charge in [0.25, 0.3) is 5.69 Å². The Morgan fingerprint density at radius 1 is 1.33 bits per heavy atom. The predicted molar refractivity (Wildman–Crippen MR) is 127 cm³/mol. The van der Waals surface area contributed by atoms with Gasteiger partial charge in [0.2, 0.25) is 0 Å². The molecule has 1 aromatic carbocycles. The molecule has 0 aromatic heterocycles. The summed E-state index contributed by atoms with van der Waals surface area (Å²) in [7, 11) is 0. The zero-order valence-corrected chi connectivity index (χ0v) is 19.7. The zero-order valence-electron chi connectivity index (χ0n) is 17.4. The van der Waals surface area contributed by atoms with Crippen molar-refractivity contribution in [3.05, 3.63) is 34.4 Å². The molecule has 0 saturated carbocycles. The van der Waals surface area contributed by atoms with Gasteiger partial charge < -0.3 is 20.1 Å². The monoisotopic (exact) mass is 533 g/mol. The molecule has 3 rings (SSSR count). The molecule has 0 bridgehead atoms. The molecule has 2 fully saturated rings. The van der Waals surface area contributed by atoms with Gasteiger partial charge in [-0.1, -0.05) is 0 Å². The first-order valence-electron chi connectivity index (χ1n) is 10.4.